The molecule has 7 nitrogen and oxygen atoms in total. The second-order valence-electron chi connectivity index (χ2n) is 6.95. The van der Waals surface area contributed by atoms with Gasteiger partial charge in [0, 0.05) is 17.5 Å². The van der Waals surface area contributed by atoms with E-state index >= 15 is 0 Å². The van der Waals surface area contributed by atoms with Crippen LogP contribution in [0.2, 0.25) is 5.02 Å². The third kappa shape index (κ3) is 3.21. The van der Waals surface area contributed by atoms with E-state index in [4.69, 9.17) is 11.6 Å². The lowest BCUT2D eigenvalue weighted by molar-refractivity contribution is 0.0850. The number of benzene rings is 1. The first-order chi connectivity index (χ1) is 12.0. The zero-order valence-corrected chi connectivity index (χ0v) is 14.7. The minimum absolute atomic E-state index is 0.0510. The maximum absolute atomic E-state index is 12.8. The van der Waals surface area contributed by atoms with Crippen LogP contribution in [0.25, 0.3) is 10.9 Å². The Balaban J connectivity index is 1.59. The SMILES string of the molecule is Bc1cc2ncn(CC3(C[C@H]4NCCC[C@@H]4O)N=N3)c(=O)c2cc1Cl. The van der Waals surface area contributed by atoms with Crippen molar-refractivity contribution in [2.75, 3.05) is 6.54 Å². The highest BCUT2D eigenvalue weighted by molar-refractivity contribution is 6.45. The van der Waals surface area contributed by atoms with Gasteiger partial charge in [-0.2, -0.15) is 10.2 Å². The molecule has 0 amide bonds. The first-order valence-corrected chi connectivity index (χ1v) is 8.86. The summed E-state index contributed by atoms with van der Waals surface area (Å²) in [5, 5.41) is 22.8. The number of piperidine rings is 1. The summed E-state index contributed by atoms with van der Waals surface area (Å²) >= 11 is 6.15. The van der Waals surface area contributed by atoms with Gasteiger partial charge in [-0.25, -0.2) is 4.98 Å². The van der Waals surface area contributed by atoms with Crippen LogP contribution in [0.1, 0.15) is 19.3 Å². The van der Waals surface area contributed by atoms with Crippen LogP contribution in [0.5, 0.6) is 0 Å². The van der Waals surface area contributed by atoms with Crippen LogP contribution in [-0.2, 0) is 6.54 Å². The van der Waals surface area contributed by atoms with Gasteiger partial charge in [-0.05, 0) is 31.5 Å². The lowest BCUT2D eigenvalue weighted by atomic mass is 9.93. The average molecular weight is 360 g/mol. The molecule has 0 radical (unpaired) electrons. The summed E-state index contributed by atoms with van der Waals surface area (Å²) in [6.07, 6.45) is 3.46. The van der Waals surface area contributed by atoms with Crippen molar-refractivity contribution in [1.29, 1.82) is 0 Å². The molecular formula is C16H19BClN5O2. The number of hydrogen-bond acceptors (Lipinski definition) is 6. The Morgan fingerprint density at radius 3 is 2.96 bits per heavy atom. The van der Waals surface area contributed by atoms with Crippen LogP contribution in [0.4, 0.5) is 0 Å². The predicted octanol–water partition coefficient (Wildman–Crippen LogP) is -0.0266. The van der Waals surface area contributed by atoms with Crippen molar-refractivity contribution in [2.45, 2.75) is 43.6 Å². The Morgan fingerprint density at radius 2 is 2.24 bits per heavy atom. The van der Waals surface area contributed by atoms with Gasteiger partial charge < -0.3 is 10.4 Å². The molecule has 0 aliphatic carbocycles. The molecule has 130 valence electrons. The fraction of sp³-hybridized carbons (Fsp3) is 0.500. The number of halogens is 1. The summed E-state index contributed by atoms with van der Waals surface area (Å²) < 4.78 is 1.53. The standard InChI is InChI=1S/C16H19BClN5O2/c17-10-5-12-9(4-11(10)18)15(25)23(8-20-12)7-16(21-22-16)6-13-14(24)2-1-3-19-13/h4-5,8,13-14,19,24H,1-3,6-7,17H2/t13-,14+/m1/s1. The van der Waals surface area contributed by atoms with Gasteiger partial charge in [-0.15, -0.1) is 0 Å². The van der Waals surface area contributed by atoms with E-state index in [2.05, 4.69) is 20.5 Å². The highest BCUT2D eigenvalue weighted by Gasteiger charge is 2.44. The minimum atomic E-state index is -0.649. The highest BCUT2D eigenvalue weighted by Crippen LogP contribution is 2.36. The molecule has 2 aliphatic rings. The first kappa shape index (κ1) is 16.7. The van der Waals surface area contributed by atoms with Crippen molar-refractivity contribution in [2.24, 2.45) is 10.2 Å². The molecule has 1 fully saturated rings. The molecule has 0 saturated carbocycles. The molecule has 0 spiro atoms. The quantitative estimate of drug-likeness (QED) is 0.750. The molecule has 1 aromatic heterocycles. The number of fused-ring (bicyclic) bond motifs is 1. The lowest BCUT2D eigenvalue weighted by Crippen LogP contribution is -2.48. The second kappa shape index (κ2) is 6.19. The fourth-order valence-corrected chi connectivity index (χ4v) is 3.61. The number of aliphatic hydroxyl groups is 1. The van der Waals surface area contributed by atoms with E-state index in [1.807, 2.05) is 13.9 Å². The van der Waals surface area contributed by atoms with E-state index in [0.29, 0.717) is 28.9 Å². The maximum Gasteiger partial charge on any atom is 0.261 e. The fourth-order valence-electron chi connectivity index (χ4n) is 3.45. The van der Waals surface area contributed by atoms with Crippen LogP contribution in [0.3, 0.4) is 0 Å². The summed E-state index contributed by atoms with van der Waals surface area (Å²) in [6.45, 7) is 1.21. The van der Waals surface area contributed by atoms with E-state index in [1.165, 1.54) is 10.9 Å². The summed E-state index contributed by atoms with van der Waals surface area (Å²) in [6, 6.07) is 3.43. The third-order valence-electron chi connectivity index (χ3n) is 5.01. The number of rotatable bonds is 4. The number of aliphatic hydroxyl groups excluding tert-OH is 1. The molecule has 2 aromatic rings. The molecule has 25 heavy (non-hydrogen) atoms. The molecule has 3 heterocycles. The van der Waals surface area contributed by atoms with E-state index in [0.717, 1.165) is 24.8 Å². The van der Waals surface area contributed by atoms with Crippen molar-refractivity contribution >= 4 is 35.8 Å². The average Bonchev–Trinajstić information content (AvgIpc) is 3.34. The Kier molecular flexibility index (Phi) is 4.13. The van der Waals surface area contributed by atoms with Gasteiger partial charge in [0.2, 0.25) is 5.66 Å². The lowest BCUT2D eigenvalue weighted by Gasteiger charge is -2.30. The van der Waals surface area contributed by atoms with Crippen molar-refractivity contribution in [3.63, 3.8) is 0 Å². The van der Waals surface area contributed by atoms with E-state index < -0.39 is 11.8 Å². The number of nitrogens with zero attached hydrogens (tertiary/aromatic N) is 4. The monoisotopic (exact) mass is 359 g/mol. The van der Waals surface area contributed by atoms with Crippen molar-refractivity contribution < 1.29 is 5.11 Å². The zero-order chi connectivity index (χ0) is 17.6. The molecule has 1 aromatic carbocycles. The molecule has 1 saturated heterocycles. The number of hydrogen-bond donors (Lipinski definition) is 2. The molecule has 9 heteroatoms. The van der Waals surface area contributed by atoms with Gasteiger partial charge in [0.05, 0.1) is 29.9 Å². The first-order valence-electron chi connectivity index (χ1n) is 8.48. The highest BCUT2D eigenvalue weighted by atomic mass is 35.5. The van der Waals surface area contributed by atoms with Gasteiger partial charge in [0.1, 0.15) is 7.85 Å². The van der Waals surface area contributed by atoms with Crippen LogP contribution >= 0.6 is 11.6 Å². The summed E-state index contributed by atoms with van der Waals surface area (Å²) in [5.74, 6) is 0. The topological polar surface area (TPSA) is 91.9 Å². The Labute approximate surface area is 150 Å². The predicted molar refractivity (Wildman–Crippen MR) is 98.4 cm³/mol. The van der Waals surface area contributed by atoms with E-state index in [9.17, 15) is 9.90 Å². The Hall–Kier alpha value is -1.77. The van der Waals surface area contributed by atoms with Crippen LogP contribution < -0.4 is 16.3 Å². The summed E-state index contributed by atoms with van der Waals surface area (Å²) in [7, 11) is 1.88. The van der Waals surface area contributed by atoms with Crippen molar-refractivity contribution in [1.82, 2.24) is 14.9 Å². The van der Waals surface area contributed by atoms with Crippen LogP contribution in [-0.4, -0.2) is 46.9 Å². The van der Waals surface area contributed by atoms with Crippen LogP contribution in [0, 0.1) is 0 Å². The second-order valence-corrected chi connectivity index (χ2v) is 7.36. The smallest absolute Gasteiger partial charge is 0.261 e. The van der Waals surface area contributed by atoms with Crippen molar-refractivity contribution in [3.05, 3.63) is 33.8 Å². The van der Waals surface area contributed by atoms with Gasteiger partial charge >= 0.3 is 0 Å². The molecule has 2 N–H and O–H groups in total. The number of aromatic nitrogens is 2. The molecule has 0 unspecified atom stereocenters. The zero-order valence-electron chi connectivity index (χ0n) is 13.9. The Morgan fingerprint density at radius 1 is 1.44 bits per heavy atom. The molecule has 0 bridgehead atoms. The summed E-state index contributed by atoms with van der Waals surface area (Å²) in [4.78, 5) is 17.1. The van der Waals surface area contributed by atoms with Crippen LogP contribution in [0.15, 0.2) is 33.5 Å². The summed E-state index contributed by atoms with van der Waals surface area (Å²) in [5.41, 5.74) is 0.718. The minimum Gasteiger partial charge on any atom is -0.392 e. The van der Waals surface area contributed by atoms with Gasteiger partial charge in [-0.3, -0.25) is 9.36 Å². The van der Waals surface area contributed by atoms with Crippen molar-refractivity contribution in [3.8, 4) is 0 Å². The third-order valence-corrected chi connectivity index (χ3v) is 5.41. The number of nitrogens with one attached hydrogen (secondary N) is 1. The normalized spacial score (nSPS) is 24.6. The maximum atomic E-state index is 12.8. The van der Waals surface area contributed by atoms with E-state index in [-0.39, 0.29) is 11.6 Å². The molecule has 2 atom stereocenters. The molecular weight excluding hydrogens is 340 g/mol. The van der Waals surface area contributed by atoms with Gasteiger partial charge in [0.25, 0.3) is 5.56 Å². The molecule has 4 rings (SSSR count). The van der Waals surface area contributed by atoms with Gasteiger partial charge in [-0.1, -0.05) is 17.1 Å². The largest absolute Gasteiger partial charge is 0.392 e. The Bertz CT molecular complexity index is 909. The van der Waals surface area contributed by atoms with E-state index in [1.54, 1.807) is 6.07 Å². The van der Waals surface area contributed by atoms with Gasteiger partial charge in [0.15, 0.2) is 0 Å². The molecule has 2 aliphatic heterocycles.